The molecule has 6 nitrogen and oxygen atoms in total. The number of nitrogens with two attached hydrogens (primary N) is 1. The van der Waals surface area contributed by atoms with Crippen molar-refractivity contribution in [3.8, 4) is 0 Å². The van der Waals surface area contributed by atoms with Gasteiger partial charge < -0.3 is 15.8 Å². The first-order valence-corrected chi connectivity index (χ1v) is 8.10. The number of esters is 1. The third kappa shape index (κ3) is 3.18. The highest BCUT2D eigenvalue weighted by Gasteiger charge is 2.26. The Labute approximate surface area is 134 Å². The van der Waals surface area contributed by atoms with Crippen LogP contribution in [-0.4, -0.2) is 24.4 Å². The first-order chi connectivity index (χ1) is 10.5. The van der Waals surface area contributed by atoms with Crippen LogP contribution in [0.25, 0.3) is 0 Å². The molecular formula is C14H14N2O4S2. The molecule has 0 aliphatic heterocycles. The number of nitrogens with one attached hydrogen (secondary N) is 1. The Bertz CT molecular complexity index is 720. The summed E-state index contributed by atoms with van der Waals surface area (Å²) in [6.07, 6.45) is 0. The number of carbonyl (C=O) groups is 3. The number of carbonyl (C=O) groups excluding carboxylic acids is 3. The Balaban J connectivity index is 2.40. The van der Waals surface area contributed by atoms with Gasteiger partial charge in [-0.25, -0.2) is 4.79 Å². The molecule has 2 aromatic rings. The average molecular weight is 338 g/mol. The van der Waals surface area contributed by atoms with Crippen molar-refractivity contribution in [1.82, 2.24) is 0 Å². The quantitative estimate of drug-likeness (QED) is 0.819. The van der Waals surface area contributed by atoms with Crippen LogP contribution in [-0.2, 0) is 4.74 Å². The monoisotopic (exact) mass is 338 g/mol. The highest BCUT2D eigenvalue weighted by Crippen LogP contribution is 2.34. The number of hydrogen-bond donors (Lipinski definition) is 2. The maximum absolute atomic E-state index is 12.1. The Hall–Kier alpha value is -2.19. The fourth-order valence-electron chi connectivity index (χ4n) is 1.86. The number of thiophene rings is 2. The van der Waals surface area contributed by atoms with Crippen LogP contribution >= 0.6 is 22.7 Å². The van der Waals surface area contributed by atoms with E-state index in [1.807, 2.05) is 0 Å². The SMILES string of the molecule is CCOC(=O)c1c(NC(=O)c2cccs2)sc(C(N)=O)c1C. The Morgan fingerprint density at radius 2 is 2.09 bits per heavy atom. The third-order valence-corrected chi connectivity index (χ3v) is 4.91. The smallest absolute Gasteiger partial charge is 0.341 e. The first kappa shape index (κ1) is 16.2. The molecule has 2 heterocycles. The zero-order valence-corrected chi connectivity index (χ0v) is 13.6. The fourth-order valence-corrected chi connectivity index (χ4v) is 3.52. The van der Waals surface area contributed by atoms with Crippen molar-refractivity contribution in [2.75, 3.05) is 11.9 Å². The van der Waals surface area contributed by atoms with Gasteiger partial charge >= 0.3 is 5.97 Å². The Morgan fingerprint density at radius 1 is 1.36 bits per heavy atom. The van der Waals surface area contributed by atoms with Crippen molar-refractivity contribution in [2.45, 2.75) is 13.8 Å². The topological polar surface area (TPSA) is 98.5 Å². The molecule has 0 radical (unpaired) electrons. The summed E-state index contributed by atoms with van der Waals surface area (Å²) in [6, 6.07) is 3.42. The molecular weight excluding hydrogens is 324 g/mol. The van der Waals surface area contributed by atoms with E-state index in [0.717, 1.165) is 11.3 Å². The van der Waals surface area contributed by atoms with Gasteiger partial charge in [0, 0.05) is 0 Å². The van der Waals surface area contributed by atoms with Crippen molar-refractivity contribution in [1.29, 1.82) is 0 Å². The highest BCUT2D eigenvalue weighted by molar-refractivity contribution is 7.19. The van der Waals surface area contributed by atoms with Crippen LogP contribution in [0.5, 0.6) is 0 Å². The fraction of sp³-hybridized carbons (Fsp3) is 0.214. The maximum atomic E-state index is 12.1. The summed E-state index contributed by atoms with van der Waals surface area (Å²) >= 11 is 2.25. The summed E-state index contributed by atoms with van der Waals surface area (Å²) in [5, 5.41) is 4.69. The molecule has 2 rings (SSSR count). The second kappa shape index (κ2) is 6.71. The molecule has 2 amide bonds. The molecule has 0 aliphatic carbocycles. The Morgan fingerprint density at radius 3 is 2.64 bits per heavy atom. The molecule has 22 heavy (non-hydrogen) atoms. The third-order valence-electron chi connectivity index (χ3n) is 2.82. The number of hydrogen-bond acceptors (Lipinski definition) is 6. The van der Waals surface area contributed by atoms with Gasteiger partial charge in [0.25, 0.3) is 11.8 Å². The van der Waals surface area contributed by atoms with Crippen LogP contribution in [0.2, 0.25) is 0 Å². The molecule has 0 fully saturated rings. The average Bonchev–Trinajstić information content (AvgIpc) is 3.07. The van der Waals surface area contributed by atoms with Crippen molar-refractivity contribution < 1.29 is 19.1 Å². The zero-order chi connectivity index (χ0) is 16.3. The van der Waals surface area contributed by atoms with Gasteiger partial charge in [0.05, 0.1) is 21.9 Å². The molecule has 8 heteroatoms. The number of anilines is 1. The van der Waals surface area contributed by atoms with Gasteiger partial charge in [0.15, 0.2) is 0 Å². The van der Waals surface area contributed by atoms with E-state index in [4.69, 9.17) is 10.5 Å². The molecule has 0 unspecified atom stereocenters. The number of ether oxygens (including phenoxy) is 1. The van der Waals surface area contributed by atoms with E-state index < -0.39 is 11.9 Å². The van der Waals surface area contributed by atoms with Crippen LogP contribution < -0.4 is 11.1 Å². The van der Waals surface area contributed by atoms with E-state index in [1.54, 1.807) is 31.4 Å². The molecule has 0 saturated carbocycles. The van der Waals surface area contributed by atoms with Crippen LogP contribution in [0.4, 0.5) is 5.00 Å². The first-order valence-electron chi connectivity index (χ1n) is 6.40. The largest absolute Gasteiger partial charge is 0.462 e. The lowest BCUT2D eigenvalue weighted by Crippen LogP contribution is -2.14. The molecule has 0 bridgehead atoms. The highest BCUT2D eigenvalue weighted by atomic mass is 32.1. The van der Waals surface area contributed by atoms with Crippen molar-refractivity contribution in [3.05, 3.63) is 38.4 Å². The molecule has 3 N–H and O–H groups in total. The van der Waals surface area contributed by atoms with Crippen LogP contribution in [0.1, 0.15) is 42.2 Å². The molecule has 2 aromatic heterocycles. The summed E-state index contributed by atoms with van der Waals surface area (Å²) in [7, 11) is 0. The van der Waals surface area contributed by atoms with E-state index in [2.05, 4.69) is 5.32 Å². The van der Waals surface area contributed by atoms with E-state index in [1.165, 1.54) is 11.3 Å². The van der Waals surface area contributed by atoms with Crippen LogP contribution in [0.3, 0.4) is 0 Å². The summed E-state index contributed by atoms with van der Waals surface area (Å²) in [6.45, 7) is 3.47. The Kier molecular flexibility index (Phi) is 4.94. The number of rotatable bonds is 5. The lowest BCUT2D eigenvalue weighted by molar-refractivity contribution is 0.0527. The summed E-state index contributed by atoms with van der Waals surface area (Å²) < 4.78 is 4.98. The zero-order valence-electron chi connectivity index (χ0n) is 12.0. The van der Waals surface area contributed by atoms with Gasteiger partial charge in [-0.1, -0.05) is 6.07 Å². The lowest BCUT2D eigenvalue weighted by Gasteiger charge is -2.06. The van der Waals surface area contributed by atoms with E-state index >= 15 is 0 Å². The van der Waals surface area contributed by atoms with E-state index in [-0.39, 0.29) is 28.0 Å². The van der Waals surface area contributed by atoms with E-state index in [0.29, 0.717) is 10.4 Å². The van der Waals surface area contributed by atoms with Crippen LogP contribution in [0.15, 0.2) is 17.5 Å². The molecule has 0 aromatic carbocycles. The minimum Gasteiger partial charge on any atom is -0.462 e. The second-order valence-corrected chi connectivity index (χ2v) is 6.24. The van der Waals surface area contributed by atoms with Gasteiger partial charge in [-0.05, 0) is 30.9 Å². The second-order valence-electron chi connectivity index (χ2n) is 4.28. The van der Waals surface area contributed by atoms with Crippen LogP contribution in [0, 0.1) is 6.92 Å². The van der Waals surface area contributed by atoms with Gasteiger partial charge in [-0.3, -0.25) is 9.59 Å². The van der Waals surface area contributed by atoms with Crippen molar-refractivity contribution >= 4 is 45.5 Å². The molecule has 116 valence electrons. The maximum Gasteiger partial charge on any atom is 0.341 e. The number of amides is 2. The molecule has 0 atom stereocenters. The lowest BCUT2D eigenvalue weighted by atomic mass is 10.1. The van der Waals surface area contributed by atoms with Gasteiger partial charge in [-0.2, -0.15) is 0 Å². The standard InChI is InChI=1S/C14H14N2O4S2/c1-3-20-14(19)9-7(2)10(11(15)17)22-13(9)16-12(18)8-5-4-6-21-8/h4-6H,3H2,1-2H3,(H2,15,17)(H,16,18). The normalized spacial score (nSPS) is 10.3. The minimum absolute atomic E-state index is 0.172. The van der Waals surface area contributed by atoms with Gasteiger partial charge in [-0.15, -0.1) is 22.7 Å². The summed E-state index contributed by atoms with van der Waals surface area (Å²) in [5.74, 6) is -1.59. The molecule has 0 saturated heterocycles. The van der Waals surface area contributed by atoms with E-state index in [9.17, 15) is 14.4 Å². The summed E-state index contributed by atoms with van der Waals surface area (Å²) in [5.41, 5.74) is 5.89. The van der Waals surface area contributed by atoms with Crippen molar-refractivity contribution in [3.63, 3.8) is 0 Å². The summed E-state index contributed by atoms with van der Waals surface area (Å²) in [4.78, 5) is 36.4. The van der Waals surface area contributed by atoms with Gasteiger partial charge in [0.1, 0.15) is 5.00 Å². The van der Waals surface area contributed by atoms with Crippen molar-refractivity contribution in [2.24, 2.45) is 5.73 Å². The number of primary amides is 1. The predicted molar refractivity (Wildman–Crippen MR) is 85.8 cm³/mol. The molecule has 0 spiro atoms. The predicted octanol–water partition coefficient (Wildman–Crippen LogP) is 2.65. The van der Waals surface area contributed by atoms with Gasteiger partial charge in [0.2, 0.25) is 0 Å². The minimum atomic E-state index is -0.648. The molecule has 0 aliphatic rings.